The van der Waals surface area contributed by atoms with E-state index in [1.165, 1.54) is 29.3 Å². The summed E-state index contributed by atoms with van der Waals surface area (Å²) in [6, 6.07) is 7.82. The molecule has 1 aliphatic rings. The summed E-state index contributed by atoms with van der Waals surface area (Å²) in [5.41, 5.74) is 1.52. The predicted octanol–water partition coefficient (Wildman–Crippen LogP) is 3.80. The summed E-state index contributed by atoms with van der Waals surface area (Å²) in [5.74, 6) is 0.320. The van der Waals surface area contributed by atoms with Crippen molar-refractivity contribution in [2.45, 2.75) is 18.6 Å². The summed E-state index contributed by atoms with van der Waals surface area (Å²) < 4.78 is 2.53. The topological polar surface area (TPSA) is 76.9 Å². The van der Waals surface area contributed by atoms with Crippen molar-refractivity contribution in [1.29, 1.82) is 0 Å². The van der Waals surface area contributed by atoms with Crippen LogP contribution in [0.5, 0.6) is 0 Å². The van der Waals surface area contributed by atoms with Crippen LogP contribution < -0.4 is 10.9 Å². The Morgan fingerprint density at radius 2 is 2.08 bits per heavy atom. The third-order valence-electron chi connectivity index (χ3n) is 3.94. The van der Waals surface area contributed by atoms with Crippen molar-refractivity contribution in [3.63, 3.8) is 0 Å². The van der Waals surface area contributed by atoms with E-state index in [2.05, 4.69) is 31.2 Å². The van der Waals surface area contributed by atoms with Crippen molar-refractivity contribution in [2.75, 3.05) is 11.1 Å². The molecule has 26 heavy (non-hydrogen) atoms. The fourth-order valence-electron chi connectivity index (χ4n) is 2.66. The zero-order valence-corrected chi connectivity index (χ0v) is 16.9. The summed E-state index contributed by atoms with van der Waals surface area (Å²) >= 11 is 6.31. The molecule has 0 unspecified atom stereocenters. The van der Waals surface area contributed by atoms with Crippen molar-refractivity contribution >= 4 is 50.1 Å². The van der Waals surface area contributed by atoms with Gasteiger partial charge in [-0.1, -0.05) is 39.8 Å². The summed E-state index contributed by atoms with van der Waals surface area (Å²) in [5, 5.41) is 3.86. The minimum Gasteiger partial charge on any atom is -0.298 e. The highest BCUT2D eigenvalue weighted by molar-refractivity contribution is 9.10. The van der Waals surface area contributed by atoms with E-state index in [-0.39, 0.29) is 11.1 Å². The molecule has 9 heteroatoms. The number of thiazole rings is 1. The third-order valence-corrected chi connectivity index (χ3v) is 6.32. The molecule has 1 N–H and O–H groups in total. The fourth-order valence-corrected chi connectivity index (χ4v) is 4.67. The van der Waals surface area contributed by atoms with Gasteiger partial charge in [0.15, 0.2) is 10.3 Å². The highest BCUT2D eigenvalue weighted by Crippen LogP contribution is 2.31. The molecule has 4 rings (SSSR count). The quantitative estimate of drug-likeness (QED) is 0.616. The number of nitrogens with one attached hydrogen (secondary N) is 1. The van der Waals surface area contributed by atoms with Gasteiger partial charge in [-0.05, 0) is 19.1 Å². The molecule has 6 nitrogen and oxygen atoms in total. The number of aryl methyl sites for hydroxylation is 1. The summed E-state index contributed by atoms with van der Waals surface area (Å²) in [6.07, 6.45) is 1.35. The zero-order chi connectivity index (χ0) is 18.3. The van der Waals surface area contributed by atoms with Gasteiger partial charge in [-0.25, -0.2) is 9.97 Å². The SMILES string of the molecule is Cc1sc(NC(=O)c2cnc3n(c2=O)CCS3)nc1-c1ccc(Br)cc1. The standard InChI is InChI=1S/C17H13BrN4O2S2/c1-9-13(10-2-4-11(18)5-3-10)20-16(26-9)21-14(23)12-8-19-17-22(15(12)24)6-7-25-17/h2-5,8H,6-7H2,1H3,(H,20,21,23). The maximum absolute atomic E-state index is 12.5. The molecule has 3 aromatic rings. The molecule has 2 aromatic heterocycles. The third kappa shape index (κ3) is 3.22. The molecular weight excluding hydrogens is 436 g/mol. The van der Waals surface area contributed by atoms with E-state index in [9.17, 15) is 9.59 Å². The van der Waals surface area contributed by atoms with Crippen LogP contribution in [-0.4, -0.2) is 26.2 Å². The maximum atomic E-state index is 12.5. The molecule has 0 bridgehead atoms. The first-order valence-corrected chi connectivity index (χ1v) is 10.4. The van der Waals surface area contributed by atoms with Crippen molar-refractivity contribution in [3.8, 4) is 11.3 Å². The van der Waals surface area contributed by atoms with Gasteiger partial charge in [0.2, 0.25) is 0 Å². The van der Waals surface area contributed by atoms with Gasteiger partial charge in [0.25, 0.3) is 11.5 Å². The molecule has 0 fully saturated rings. The molecule has 132 valence electrons. The number of carbonyl (C=O) groups is 1. The van der Waals surface area contributed by atoms with Crippen LogP contribution in [0, 0.1) is 6.92 Å². The summed E-state index contributed by atoms with van der Waals surface area (Å²) in [4.78, 5) is 34.7. The van der Waals surface area contributed by atoms with Gasteiger partial charge in [0, 0.05) is 33.4 Å². The van der Waals surface area contributed by atoms with Gasteiger partial charge in [-0.2, -0.15) is 0 Å². The van der Waals surface area contributed by atoms with Gasteiger partial charge >= 0.3 is 0 Å². The van der Waals surface area contributed by atoms with E-state index in [1.54, 1.807) is 4.57 Å². The van der Waals surface area contributed by atoms with Crippen molar-refractivity contribution in [2.24, 2.45) is 0 Å². The first-order valence-electron chi connectivity index (χ1n) is 7.80. The monoisotopic (exact) mass is 448 g/mol. The lowest BCUT2D eigenvalue weighted by atomic mass is 10.1. The first kappa shape index (κ1) is 17.4. The smallest absolute Gasteiger partial charge is 0.267 e. The van der Waals surface area contributed by atoms with Gasteiger partial charge in [0.05, 0.1) is 5.69 Å². The lowest BCUT2D eigenvalue weighted by Gasteiger charge is -2.04. The van der Waals surface area contributed by atoms with E-state index >= 15 is 0 Å². The lowest BCUT2D eigenvalue weighted by molar-refractivity contribution is 0.102. The number of benzene rings is 1. The minimum atomic E-state index is -0.481. The summed E-state index contributed by atoms with van der Waals surface area (Å²) in [6.45, 7) is 2.53. The van der Waals surface area contributed by atoms with Crippen LogP contribution in [0.15, 0.2) is 44.9 Å². The molecule has 1 aromatic carbocycles. The molecular formula is C17H13BrN4O2S2. The van der Waals surface area contributed by atoms with Gasteiger partial charge in [-0.3, -0.25) is 19.5 Å². The van der Waals surface area contributed by atoms with E-state index < -0.39 is 5.91 Å². The fraction of sp³-hybridized carbons (Fsp3) is 0.176. The lowest BCUT2D eigenvalue weighted by Crippen LogP contribution is -2.29. The molecule has 1 aliphatic heterocycles. The van der Waals surface area contributed by atoms with Crippen molar-refractivity contribution in [1.82, 2.24) is 14.5 Å². The van der Waals surface area contributed by atoms with Crippen LogP contribution in [0.3, 0.4) is 0 Å². The van der Waals surface area contributed by atoms with E-state index in [4.69, 9.17) is 0 Å². The Morgan fingerprint density at radius 3 is 2.85 bits per heavy atom. The number of anilines is 1. The first-order chi connectivity index (χ1) is 12.5. The normalized spacial score (nSPS) is 12.8. The van der Waals surface area contributed by atoms with Gasteiger partial charge in [-0.15, -0.1) is 11.3 Å². The van der Waals surface area contributed by atoms with Crippen LogP contribution in [0.4, 0.5) is 5.13 Å². The molecule has 0 aliphatic carbocycles. The number of thioether (sulfide) groups is 1. The highest BCUT2D eigenvalue weighted by Gasteiger charge is 2.21. The number of halogens is 1. The molecule has 0 spiro atoms. The van der Waals surface area contributed by atoms with E-state index in [0.717, 1.165) is 26.4 Å². The Balaban J connectivity index is 1.60. The Morgan fingerprint density at radius 1 is 1.31 bits per heavy atom. The molecule has 0 radical (unpaired) electrons. The van der Waals surface area contributed by atoms with Crippen LogP contribution in [-0.2, 0) is 6.54 Å². The molecule has 1 amide bonds. The summed E-state index contributed by atoms with van der Waals surface area (Å²) in [7, 11) is 0. The Hall–Kier alpha value is -1.97. The maximum Gasteiger partial charge on any atom is 0.267 e. The molecule has 0 atom stereocenters. The number of rotatable bonds is 3. The van der Waals surface area contributed by atoms with E-state index in [1.807, 2.05) is 31.2 Å². The minimum absolute atomic E-state index is 0.0364. The number of fused-ring (bicyclic) bond motifs is 1. The number of hydrogen-bond donors (Lipinski definition) is 1. The number of carbonyl (C=O) groups excluding carboxylic acids is 1. The van der Waals surface area contributed by atoms with Crippen LogP contribution in [0.25, 0.3) is 11.3 Å². The average Bonchev–Trinajstić information content (AvgIpc) is 3.23. The molecule has 0 saturated heterocycles. The second kappa shape index (κ2) is 6.98. The Kier molecular flexibility index (Phi) is 4.68. The van der Waals surface area contributed by atoms with Gasteiger partial charge in [0.1, 0.15) is 5.56 Å². The van der Waals surface area contributed by atoms with Crippen molar-refractivity contribution in [3.05, 3.63) is 55.7 Å². The van der Waals surface area contributed by atoms with Crippen LogP contribution in [0.1, 0.15) is 15.2 Å². The molecule has 0 saturated carbocycles. The average molecular weight is 449 g/mol. The second-order valence-electron chi connectivity index (χ2n) is 5.64. The number of nitrogens with zero attached hydrogens (tertiary/aromatic N) is 3. The highest BCUT2D eigenvalue weighted by atomic mass is 79.9. The Bertz CT molecular complexity index is 1060. The van der Waals surface area contributed by atoms with Crippen LogP contribution in [0.2, 0.25) is 0 Å². The van der Waals surface area contributed by atoms with E-state index in [0.29, 0.717) is 16.8 Å². The van der Waals surface area contributed by atoms with Crippen molar-refractivity contribution < 1.29 is 4.79 Å². The molecule has 3 heterocycles. The van der Waals surface area contributed by atoms with Crippen LogP contribution >= 0.6 is 39.0 Å². The number of aromatic nitrogens is 3. The number of amides is 1. The Labute approximate surface area is 165 Å². The second-order valence-corrected chi connectivity index (χ2v) is 8.83. The predicted molar refractivity (Wildman–Crippen MR) is 107 cm³/mol. The largest absolute Gasteiger partial charge is 0.298 e. The number of hydrogen-bond acceptors (Lipinski definition) is 6. The van der Waals surface area contributed by atoms with Gasteiger partial charge < -0.3 is 0 Å². The zero-order valence-electron chi connectivity index (χ0n) is 13.7.